The van der Waals surface area contributed by atoms with Crippen LogP contribution in [0.5, 0.6) is 0 Å². The molecule has 0 saturated carbocycles. The van der Waals surface area contributed by atoms with Crippen molar-refractivity contribution >= 4 is 11.6 Å². The summed E-state index contributed by atoms with van der Waals surface area (Å²) < 4.78 is 4.53. The van der Waals surface area contributed by atoms with Crippen molar-refractivity contribution in [1.82, 2.24) is 5.32 Å². The lowest BCUT2D eigenvalue weighted by Gasteiger charge is -1.82. The molecule has 0 atom stereocenters. The highest BCUT2D eigenvalue weighted by Gasteiger charge is 1.96. The van der Waals surface area contributed by atoms with Crippen molar-refractivity contribution in [2.24, 2.45) is 0 Å². The number of rotatable bonds is 0. The Balaban J connectivity index is 2.45. The van der Waals surface area contributed by atoms with Gasteiger partial charge in [0.1, 0.15) is 11.4 Å². The van der Waals surface area contributed by atoms with Crippen LogP contribution in [0.25, 0.3) is 0 Å². The molecule has 0 aromatic heterocycles. The van der Waals surface area contributed by atoms with Gasteiger partial charge in [0.2, 0.25) is 6.73 Å². The summed E-state index contributed by atoms with van der Waals surface area (Å²) in [4.78, 5) is 0. The van der Waals surface area contributed by atoms with Gasteiger partial charge < -0.3 is 10.1 Å². The van der Waals surface area contributed by atoms with E-state index in [0.717, 1.165) is 0 Å². The highest BCUT2D eigenvalue weighted by molar-refractivity contribution is 6.29. The predicted molar refractivity (Wildman–Crippen MR) is 22.5 cm³/mol. The van der Waals surface area contributed by atoms with Gasteiger partial charge in [-0.3, -0.25) is 0 Å². The minimum atomic E-state index is 0.523. The Morgan fingerprint density at radius 1 is 1.83 bits per heavy atom. The van der Waals surface area contributed by atoms with E-state index in [1.165, 1.54) is 13.0 Å². The first-order valence-electron chi connectivity index (χ1n) is 1.49. The first kappa shape index (κ1) is 3.81. The first-order valence-corrected chi connectivity index (χ1v) is 1.87. The number of ether oxygens (including phenoxy) is 1. The second-order valence-electron chi connectivity index (χ2n) is 0.864. The molecule has 0 aliphatic carbocycles. The minimum Gasteiger partial charge on any atom is -0.469 e. The van der Waals surface area contributed by atoms with Crippen LogP contribution < -0.4 is 5.32 Å². The fraction of sp³-hybridized carbons (Fsp3) is 0. The van der Waals surface area contributed by atoms with Crippen LogP contribution in [0.15, 0.2) is 11.4 Å². The molecule has 33 valence electrons. The molecule has 1 heterocycles. The molecule has 0 aromatic carbocycles. The zero-order valence-electron chi connectivity index (χ0n) is 2.94. The van der Waals surface area contributed by atoms with E-state index in [1.807, 2.05) is 0 Å². The Labute approximate surface area is 40.7 Å². The van der Waals surface area contributed by atoms with Gasteiger partial charge in [-0.2, -0.15) is 0 Å². The number of halogens is 1. The molecular weight excluding hydrogens is 101 g/mol. The van der Waals surface area contributed by atoms with Gasteiger partial charge >= 0.3 is 0 Å². The van der Waals surface area contributed by atoms with Crippen LogP contribution in [0.1, 0.15) is 0 Å². The number of nitrogens with one attached hydrogen (secondary N) is 1. The summed E-state index contributed by atoms with van der Waals surface area (Å²) in [5, 5.41) is 3.12. The summed E-state index contributed by atoms with van der Waals surface area (Å²) in [5.41, 5.74) is 0. The van der Waals surface area contributed by atoms with Gasteiger partial charge in [-0.25, -0.2) is 0 Å². The Morgan fingerprint density at radius 2 is 2.67 bits per heavy atom. The third-order valence-corrected chi connectivity index (χ3v) is 0.635. The molecular formula is C3H3ClNO. The Kier molecular flexibility index (Phi) is 0.881. The van der Waals surface area contributed by atoms with Crippen LogP contribution in [0, 0.1) is 6.73 Å². The number of hydrogen-bond acceptors (Lipinski definition) is 2. The highest BCUT2D eigenvalue weighted by Crippen LogP contribution is 2.03. The van der Waals surface area contributed by atoms with E-state index in [0.29, 0.717) is 5.16 Å². The lowest BCUT2D eigenvalue weighted by Crippen LogP contribution is -1.95. The van der Waals surface area contributed by atoms with Crippen molar-refractivity contribution < 1.29 is 4.74 Å². The summed E-state index contributed by atoms with van der Waals surface area (Å²) >= 11 is 5.31. The van der Waals surface area contributed by atoms with Crippen molar-refractivity contribution in [2.75, 3.05) is 0 Å². The lowest BCUT2D eigenvalue weighted by atomic mass is 11.0. The quantitative estimate of drug-likeness (QED) is 0.458. The summed E-state index contributed by atoms with van der Waals surface area (Å²) in [6.45, 7) is 1.41. The van der Waals surface area contributed by atoms with Crippen LogP contribution in [-0.4, -0.2) is 0 Å². The van der Waals surface area contributed by atoms with Gasteiger partial charge in [0.05, 0.1) is 0 Å². The van der Waals surface area contributed by atoms with Gasteiger partial charge in [0, 0.05) is 0 Å². The summed E-state index contributed by atoms with van der Waals surface area (Å²) in [6.07, 6.45) is 1.42. The average Bonchev–Trinajstić information content (AvgIpc) is 1.86. The van der Waals surface area contributed by atoms with Gasteiger partial charge in [-0.1, -0.05) is 11.6 Å². The van der Waals surface area contributed by atoms with Crippen molar-refractivity contribution in [3.05, 3.63) is 18.1 Å². The molecule has 1 aliphatic heterocycles. The smallest absolute Gasteiger partial charge is 0.226 e. The van der Waals surface area contributed by atoms with E-state index >= 15 is 0 Å². The molecule has 1 radical (unpaired) electrons. The monoisotopic (exact) mass is 104 g/mol. The Morgan fingerprint density at radius 3 is 2.83 bits per heavy atom. The van der Waals surface area contributed by atoms with Crippen molar-refractivity contribution in [3.63, 3.8) is 0 Å². The zero-order chi connectivity index (χ0) is 4.41. The lowest BCUT2D eigenvalue weighted by molar-refractivity contribution is 0.345. The fourth-order valence-corrected chi connectivity index (χ4v) is 0.314. The molecule has 0 unspecified atom stereocenters. The molecule has 1 N–H and O–H groups in total. The largest absolute Gasteiger partial charge is 0.469 e. The normalized spacial score (nSPS) is 18.5. The Bertz CT molecular complexity index is 80.9. The van der Waals surface area contributed by atoms with E-state index in [-0.39, 0.29) is 0 Å². The van der Waals surface area contributed by atoms with Crippen LogP contribution in [0.2, 0.25) is 0 Å². The van der Waals surface area contributed by atoms with Crippen LogP contribution in [0.4, 0.5) is 0 Å². The van der Waals surface area contributed by atoms with E-state index in [4.69, 9.17) is 11.6 Å². The van der Waals surface area contributed by atoms with Crippen LogP contribution >= 0.6 is 11.6 Å². The molecule has 0 amide bonds. The molecule has 1 rings (SSSR count). The van der Waals surface area contributed by atoms with Gasteiger partial charge in [0.15, 0.2) is 0 Å². The summed E-state index contributed by atoms with van der Waals surface area (Å²) in [7, 11) is 0. The van der Waals surface area contributed by atoms with Crippen LogP contribution in [0.3, 0.4) is 0 Å². The number of hydrogen-bond donors (Lipinski definition) is 1. The van der Waals surface area contributed by atoms with E-state index in [1.54, 1.807) is 0 Å². The van der Waals surface area contributed by atoms with Crippen molar-refractivity contribution in [2.45, 2.75) is 0 Å². The SMILES string of the molecule is ClC1=CO[CH]N1. The van der Waals surface area contributed by atoms with E-state index in [2.05, 4.69) is 10.1 Å². The molecule has 0 fully saturated rings. The fourth-order valence-electron chi connectivity index (χ4n) is 0.218. The van der Waals surface area contributed by atoms with Gasteiger partial charge in [-0.15, -0.1) is 0 Å². The molecule has 1 aliphatic rings. The third kappa shape index (κ3) is 0.571. The average molecular weight is 105 g/mol. The molecule has 0 spiro atoms. The summed E-state index contributed by atoms with van der Waals surface area (Å²) in [5.74, 6) is 0. The van der Waals surface area contributed by atoms with Gasteiger partial charge in [-0.05, 0) is 0 Å². The van der Waals surface area contributed by atoms with Crippen molar-refractivity contribution in [1.29, 1.82) is 0 Å². The van der Waals surface area contributed by atoms with Crippen molar-refractivity contribution in [3.8, 4) is 0 Å². The Hall–Kier alpha value is -0.370. The minimum absolute atomic E-state index is 0.523. The zero-order valence-corrected chi connectivity index (χ0v) is 3.70. The maximum Gasteiger partial charge on any atom is 0.226 e. The molecule has 0 bridgehead atoms. The highest BCUT2D eigenvalue weighted by atomic mass is 35.5. The molecule has 0 aromatic rings. The maximum absolute atomic E-state index is 5.31. The van der Waals surface area contributed by atoms with E-state index < -0.39 is 0 Å². The first-order chi connectivity index (χ1) is 2.89. The molecule has 3 heteroatoms. The molecule has 6 heavy (non-hydrogen) atoms. The maximum atomic E-state index is 5.31. The topological polar surface area (TPSA) is 21.3 Å². The molecule has 2 nitrogen and oxygen atoms in total. The second kappa shape index (κ2) is 1.39. The second-order valence-corrected chi connectivity index (χ2v) is 1.27. The third-order valence-electron chi connectivity index (χ3n) is 0.436. The van der Waals surface area contributed by atoms with E-state index in [9.17, 15) is 0 Å². The predicted octanol–water partition coefficient (Wildman–Crippen LogP) is 0.763. The standard InChI is InChI=1S/C3H3ClNO/c4-3-1-6-2-5-3/h1-2,5H. The summed E-state index contributed by atoms with van der Waals surface area (Å²) in [6, 6.07) is 0. The van der Waals surface area contributed by atoms with Gasteiger partial charge in [0.25, 0.3) is 0 Å². The molecule has 0 saturated heterocycles. The van der Waals surface area contributed by atoms with Crippen LogP contribution in [-0.2, 0) is 4.74 Å².